The van der Waals surface area contributed by atoms with Crippen LogP contribution in [0.3, 0.4) is 0 Å². The lowest BCUT2D eigenvalue weighted by atomic mass is 10.2. The number of methoxy groups -OCH3 is 1. The molecule has 2 rings (SSSR count). The van der Waals surface area contributed by atoms with Crippen molar-refractivity contribution in [2.24, 2.45) is 0 Å². The molecule has 0 aliphatic carbocycles. The van der Waals surface area contributed by atoms with Crippen molar-refractivity contribution in [3.63, 3.8) is 0 Å². The maximum atomic E-state index is 5.17. The van der Waals surface area contributed by atoms with E-state index in [1.807, 2.05) is 18.2 Å². The largest absolute Gasteiger partial charge is 0.496 e. The zero-order valence-electron chi connectivity index (χ0n) is 9.44. The molecule has 5 nitrogen and oxygen atoms in total. The van der Waals surface area contributed by atoms with Gasteiger partial charge in [0, 0.05) is 12.6 Å². The van der Waals surface area contributed by atoms with Gasteiger partial charge in [0.1, 0.15) is 11.6 Å². The number of anilines is 1. The second-order valence-corrected chi connectivity index (χ2v) is 4.12. The lowest BCUT2D eigenvalue weighted by Crippen LogP contribution is -1.98. The minimum atomic E-state index is 0.570. The van der Waals surface area contributed by atoms with Crippen LogP contribution in [0.4, 0.5) is 5.82 Å². The first-order valence-electron chi connectivity index (χ1n) is 4.96. The van der Waals surface area contributed by atoms with Crippen molar-refractivity contribution < 1.29 is 4.74 Å². The van der Waals surface area contributed by atoms with E-state index in [-0.39, 0.29) is 0 Å². The van der Waals surface area contributed by atoms with Crippen LogP contribution in [0.2, 0.25) is 0 Å². The molecule has 0 saturated carbocycles. The van der Waals surface area contributed by atoms with Gasteiger partial charge in [-0.05, 0) is 34.1 Å². The fourth-order valence-corrected chi connectivity index (χ4v) is 1.89. The molecular weight excluding hydrogens is 284 g/mol. The molecule has 0 atom stereocenters. The Kier molecular flexibility index (Phi) is 3.53. The Morgan fingerprint density at radius 1 is 1.35 bits per heavy atom. The van der Waals surface area contributed by atoms with Gasteiger partial charge in [0.2, 0.25) is 0 Å². The summed E-state index contributed by atoms with van der Waals surface area (Å²) in [6, 6.07) is 5.64. The summed E-state index contributed by atoms with van der Waals surface area (Å²) in [5.74, 6) is 2.02. The van der Waals surface area contributed by atoms with Crippen LogP contribution in [-0.2, 0) is 0 Å². The number of rotatable bonds is 3. The first-order valence-corrected chi connectivity index (χ1v) is 5.75. The van der Waals surface area contributed by atoms with Crippen molar-refractivity contribution in [2.75, 3.05) is 19.5 Å². The zero-order valence-corrected chi connectivity index (χ0v) is 11.0. The van der Waals surface area contributed by atoms with E-state index in [1.165, 1.54) is 0 Å². The standard InChI is InChI=1S/C11H11BrN4O/c1-13-10-6-14-16-11(15-10)7-3-4-9(17-2)8(12)5-7/h3-6H,1-2H3,(H,13,15,16). The third-order valence-electron chi connectivity index (χ3n) is 2.22. The Hall–Kier alpha value is -1.69. The fraction of sp³-hybridized carbons (Fsp3) is 0.182. The predicted molar refractivity (Wildman–Crippen MR) is 69.1 cm³/mol. The van der Waals surface area contributed by atoms with Crippen LogP contribution in [0.5, 0.6) is 5.75 Å². The van der Waals surface area contributed by atoms with Gasteiger partial charge in [0.25, 0.3) is 0 Å². The summed E-state index contributed by atoms with van der Waals surface area (Å²) >= 11 is 3.42. The zero-order chi connectivity index (χ0) is 12.3. The Balaban J connectivity index is 2.42. The number of hydrogen-bond acceptors (Lipinski definition) is 5. The van der Waals surface area contributed by atoms with Crippen LogP contribution >= 0.6 is 15.9 Å². The van der Waals surface area contributed by atoms with Gasteiger partial charge in [0.15, 0.2) is 5.82 Å². The van der Waals surface area contributed by atoms with Gasteiger partial charge in [-0.2, -0.15) is 5.10 Å². The number of ether oxygens (including phenoxy) is 1. The Labute approximate surface area is 107 Å². The third kappa shape index (κ3) is 2.52. The summed E-state index contributed by atoms with van der Waals surface area (Å²) in [6.07, 6.45) is 1.57. The summed E-state index contributed by atoms with van der Waals surface area (Å²) < 4.78 is 6.02. The monoisotopic (exact) mass is 294 g/mol. The lowest BCUT2D eigenvalue weighted by Gasteiger charge is -2.05. The van der Waals surface area contributed by atoms with Crippen LogP contribution in [0.25, 0.3) is 11.4 Å². The van der Waals surface area contributed by atoms with Gasteiger partial charge in [-0.3, -0.25) is 0 Å². The Morgan fingerprint density at radius 3 is 2.82 bits per heavy atom. The van der Waals surface area contributed by atoms with Gasteiger partial charge in [-0.15, -0.1) is 5.10 Å². The molecule has 88 valence electrons. The Morgan fingerprint density at radius 2 is 2.18 bits per heavy atom. The molecule has 0 aliphatic rings. The topological polar surface area (TPSA) is 59.9 Å². The highest BCUT2D eigenvalue weighted by Crippen LogP contribution is 2.29. The number of halogens is 1. The van der Waals surface area contributed by atoms with Crippen LogP contribution in [0.15, 0.2) is 28.9 Å². The molecule has 17 heavy (non-hydrogen) atoms. The van der Waals surface area contributed by atoms with E-state index < -0.39 is 0 Å². The molecule has 0 unspecified atom stereocenters. The van der Waals surface area contributed by atoms with E-state index in [4.69, 9.17) is 4.74 Å². The summed E-state index contributed by atoms with van der Waals surface area (Å²) in [4.78, 5) is 4.31. The third-order valence-corrected chi connectivity index (χ3v) is 2.84. The summed E-state index contributed by atoms with van der Waals surface area (Å²) in [5, 5.41) is 10.8. The predicted octanol–water partition coefficient (Wildman–Crippen LogP) is 2.35. The normalized spacial score (nSPS) is 10.1. The molecule has 0 amide bonds. The van der Waals surface area contributed by atoms with E-state index in [0.717, 1.165) is 15.8 Å². The molecule has 6 heteroatoms. The summed E-state index contributed by atoms with van der Waals surface area (Å²) in [5.41, 5.74) is 0.877. The molecular formula is C11H11BrN4O. The van der Waals surface area contributed by atoms with E-state index in [2.05, 4.69) is 36.4 Å². The van der Waals surface area contributed by atoms with Gasteiger partial charge >= 0.3 is 0 Å². The molecule has 0 saturated heterocycles. The molecule has 0 aliphatic heterocycles. The maximum absolute atomic E-state index is 5.17. The quantitative estimate of drug-likeness (QED) is 0.942. The highest BCUT2D eigenvalue weighted by Gasteiger charge is 2.06. The van der Waals surface area contributed by atoms with Crippen molar-refractivity contribution in [3.05, 3.63) is 28.9 Å². The number of aromatic nitrogens is 3. The van der Waals surface area contributed by atoms with Crippen molar-refractivity contribution >= 4 is 21.7 Å². The molecule has 0 bridgehead atoms. The molecule has 1 aromatic heterocycles. The van der Waals surface area contributed by atoms with Gasteiger partial charge in [0.05, 0.1) is 17.8 Å². The van der Waals surface area contributed by atoms with E-state index in [9.17, 15) is 0 Å². The smallest absolute Gasteiger partial charge is 0.183 e. The van der Waals surface area contributed by atoms with Crippen LogP contribution in [0.1, 0.15) is 0 Å². The molecule has 1 N–H and O–H groups in total. The average Bonchev–Trinajstić information content (AvgIpc) is 2.38. The SMILES string of the molecule is CNc1cnnc(-c2ccc(OC)c(Br)c2)n1. The maximum Gasteiger partial charge on any atom is 0.183 e. The van der Waals surface area contributed by atoms with Crippen molar-refractivity contribution in [1.82, 2.24) is 15.2 Å². The van der Waals surface area contributed by atoms with Crippen molar-refractivity contribution in [1.29, 1.82) is 0 Å². The molecule has 0 spiro atoms. The minimum absolute atomic E-state index is 0.570. The minimum Gasteiger partial charge on any atom is -0.496 e. The lowest BCUT2D eigenvalue weighted by molar-refractivity contribution is 0.412. The van der Waals surface area contributed by atoms with E-state index in [0.29, 0.717) is 11.6 Å². The van der Waals surface area contributed by atoms with Gasteiger partial charge < -0.3 is 10.1 Å². The number of hydrogen-bond donors (Lipinski definition) is 1. The van der Waals surface area contributed by atoms with Gasteiger partial charge in [-0.25, -0.2) is 4.98 Å². The summed E-state index contributed by atoms with van der Waals surface area (Å²) in [6.45, 7) is 0. The average molecular weight is 295 g/mol. The first kappa shape index (κ1) is 11.8. The fourth-order valence-electron chi connectivity index (χ4n) is 1.35. The molecule has 0 radical (unpaired) electrons. The van der Waals surface area contributed by atoms with Crippen LogP contribution < -0.4 is 10.1 Å². The van der Waals surface area contributed by atoms with Crippen molar-refractivity contribution in [2.45, 2.75) is 0 Å². The molecule has 1 heterocycles. The summed E-state index contributed by atoms with van der Waals surface area (Å²) in [7, 11) is 3.41. The second kappa shape index (κ2) is 5.09. The molecule has 0 fully saturated rings. The number of nitrogens with zero attached hydrogens (tertiary/aromatic N) is 3. The highest BCUT2D eigenvalue weighted by molar-refractivity contribution is 9.10. The van der Waals surface area contributed by atoms with Crippen LogP contribution in [-0.4, -0.2) is 29.3 Å². The van der Waals surface area contributed by atoms with E-state index >= 15 is 0 Å². The first-order chi connectivity index (χ1) is 8.24. The number of nitrogens with one attached hydrogen (secondary N) is 1. The van der Waals surface area contributed by atoms with E-state index in [1.54, 1.807) is 20.4 Å². The molecule has 2 aromatic rings. The molecule has 1 aromatic carbocycles. The van der Waals surface area contributed by atoms with Gasteiger partial charge in [-0.1, -0.05) is 0 Å². The number of benzene rings is 1. The van der Waals surface area contributed by atoms with Crippen LogP contribution in [0, 0.1) is 0 Å². The Bertz CT molecular complexity index is 533. The van der Waals surface area contributed by atoms with Crippen molar-refractivity contribution in [3.8, 4) is 17.1 Å². The second-order valence-electron chi connectivity index (χ2n) is 3.26. The highest BCUT2D eigenvalue weighted by atomic mass is 79.9.